The van der Waals surface area contributed by atoms with Crippen LogP contribution in [0.1, 0.15) is 361 Å². The van der Waals surface area contributed by atoms with Crippen LogP contribution in [0.25, 0.3) is 0 Å². The summed E-state index contributed by atoms with van der Waals surface area (Å²) in [4.78, 5) is 37.9. The van der Waals surface area contributed by atoms with Gasteiger partial charge in [0.1, 0.15) is 13.2 Å². The van der Waals surface area contributed by atoms with Crippen molar-refractivity contribution in [2.45, 2.75) is 367 Å². The predicted molar refractivity (Wildman–Crippen MR) is 312 cm³/mol. The van der Waals surface area contributed by atoms with Gasteiger partial charge in [0.05, 0.1) is 0 Å². The van der Waals surface area contributed by atoms with Gasteiger partial charge < -0.3 is 14.2 Å². The predicted octanol–water partition coefficient (Wildman–Crippen LogP) is 21.8. The molecular formula is C66H124O6. The fourth-order valence-electron chi connectivity index (χ4n) is 9.83. The molecule has 0 saturated heterocycles. The molecule has 424 valence electrons. The van der Waals surface area contributed by atoms with E-state index >= 15 is 0 Å². The number of hydrogen-bond donors (Lipinski definition) is 0. The second kappa shape index (κ2) is 61.4. The molecule has 0 heterocycles. The first-order valence-corrected chi connectivity index (χ1v) is 32.3. The van der Waals surface area contributed by atoms with Crippen LogP contribution in [0.15, 0.2) is 24.3 Å². The quantitative estimate of drug-likeness (QED) is 0.0261. The Labute approximate surface area is 449 Å². The molecule has 0 saturated carbocycles. The molecule has 0 aromatic carbocycles. The van der Waals surface area contributed by atoms with Crippen molar-refractivity contribution in [3.05, 3.63) is 24.3 Å². The molecule has 0 amide bonds. The molecule has 6 nitrogen and oxygen atoms in total. The molecule has 0 N–H and O–H groups in total. The number of hydrogen-bond acceptors (Lipinski definition) is 6. The van der Waals surface area contributed by atoms with E-state index in [1.165, 1.54) is 250 Å². The third kappa shape index (κ3) is 58.8. The molecule has 0 rings (SSSR count). The maximum Gasteiger partial charge on any atom is 0.306 e. The van der Waals surface area contributed by atoms with Crippen molar-refractivity contribution in [1.29, 1.82) is 0 Å². The van der Waals surface area contributed by atoms with Crippen LogP contribution >= 0.6 is 0 Å². The molecule has 1 atom stereocenters. The lowest BCUT2D eigenvalue weighted by Gasteiger charge is -2.18. The highest BCUT2D eigenvalue weighted by atomic mass is 16.6. The third-order valence-corrected chi connectivity index (χ3v) is 14.7. The van der Waals surface area contributed by atoms with Crippen molar-refractivity contribution >= 4 is 17.9 Å². The molecular weight excluding hydrogens is 889 g/mol. The Hall–Kier alpha value is -2.11. The zero-order chi connectivity index (χ0) is 52.2. The minimum atomic E-state index is -0.764. The number of carbonyl (C=O) groups excluding carboxylic acids is 3. The van der Waals surface area contributed by atoms with E-state index < -0.39 is 6.10 Å². The van der Waals surface area contributed by atoms with E-state index in [2.05, 4.69) is 45.1 Å². The van der Waals surface area contributed by atoms with Gasteiger partial charge in [-0.3, -0.25) is 14.4 Å². The number of ether oxygens (including phenoxy) is 3. The molecule has 0 aromatic rings. The monoisotopic (exact) mass is 1010 g/mol. The first kappa shape index (κ1) is 69.9. The summed E-state index contributed by atoms with van der Waals surface area (Å²) in [6.07, 6.45) is 73.9. The standard InChI is InChI=1S/C66H124O6/c1-4-7-10-13-15-17-19-21-23-25-27-29-31-33-35-36-38-40-42-44-46-48-50-53-56-59-65(68)71-62-63(61-70-64(67)58-55-52-12-9-6-3)72-66(69)60-57-54-51-49-47-45-43-41-39-37-34-32-30-28-26-24-22-20-18-16-14-11-8-5-2/h19,21,25,27,63H,4-18,20,22-24,26,28-62H2,1-3H3/b21-19-,27-25-. The molecule has 0 bridgehead atoms. The summed E-state index contributed by atoms with van der Waals surface area (Å²) in [5.74, 6) is -0.857. The van der Waals surface area contributed by atoms with Crippen molar-refractivity contribution in [3.63, 3.8) is 0 Å². The topological polar surface area (TPSA) is 78.9 Å². The Morgan fingerprint density at radius 2 is 0.500 bits per heavy atom. The van der Waals surface area contributed by atoms with E-state index in [-0.39, 0.29) is 31.1 Å². The van der Waals surface area contributed by atoms with E-state index in [0.717, 1.165) is 70.6 Å². The van der Waals surface area contributed by atoms with Crippen molar-refractivity contribution in [3.8, 4) is 0 Å². The summed E-state index contributed by atoms with van der Waals surface area (Å²) in [6, 6.07) is 0. The number of rotatable bonds is 60. The SMILES string of the molecule is CCCCCCC/C=C\C/C=C\CCCCCCCCCCCCCCCC(=O)OCC(COC(=O)CCCCCCC)OC(=O)CCCCCCCCCCCCCCCCCCCCCCCCCC. The van der Waals surface area contributed by atoms with E-state index in [9.17, 15) is 14.4 Å². The summed E-state index contributed by atoms with van der Waals surface area (Å²) >= 11 is 0. The van der Waals surface area contributed by atoms with Crippen molar-refractivity contribution in [2.75, 3.05) is 13.2 Å². The first-order valence-electron chi connectivity index (χ1n) is 32.3. The zero-order valence-electron chi connectivity index (χ0n) is 48.7. The van der Waals surface area contributed by atoms with Crippen LogP contribution in [-0.4, -0.2) is 37.2 Å². The summed E-state index contributed by atoms with van der Waals surface area (Å²) in [6.45, 7) is 6.61. The normalized spacial score (nSPS) is 12.1. The van der Waals surface area contributed by atoms with E-state index in [4.69, 9.17) is 14.2 Å². The number of allylic oxidation sites excluding steroid dienone is 4. The summed E-state index contributed by atoms with van der Waals surface area (Å²) in [5, 5.41) is 0. The number of esters is 3. The Balaban J connectivity index is 3.98. The van der Waals surface area contributed by atoms with Gasteiger partial charge in [-0.25, -0.2) is 0 Å². The summed E-state index contributed by atoms with van der Waals surface area (Å²) in [7, 11) is 0. The van der Waals surface area contributed by atoms with E-state index in [0.29, 0.717) is 19.3 Å². The lowest BCUT2D eigenvalue weighted by Crippen LogP contribution is -2.30. The molecule has 0 aliphatic heterocycles. The maximum atomic E-state index is 12.8. The Kier molecular flexibility index (Phi) is 59.6. The van der Waals surface area contributed by atoms with Crippen LogP contribution in [0.2, 0.25) is 0 Å². The second-order valence-electron chi connectivity index (χ2n) is 22.0. The third-order valence-electron chi connectivity index (χ3n) is 14.7. The minimum absolute atomic E-state index is 0.0669. The van der Waals surface area contributed by atoms with E-state index in [1.807, 2.05) is 0 Å². The van der Waals surface area contributed by atoms with Gasteiger partial charge in [0, 0.05) is 19.3 Å². The smallest absolute Gasteiger partial charge is 0.306 e. The molecule has 0 spiro atoms. The zero-order valence-corrected chi connectivity index (χ0v) is 48.7. The lowest BCUT2D eigenvalue weighted by molar-refractivity contribution is -0.167. The largest absolute Gasteiger partial charge is 0.462 e. The molecule has 0 aliphatic carbocycles. The summed E-state index contributed by atoms with van der Waals surface area (Å²) < 4.78 is 16.8. The fraction of sp³-hybridized carbons (Fsp3) is 0.894. The van der Waals surface area contributed by atoms with Crippen LogP contribution in [0.5, 0.6) is 0 Å². The van der Waals surface area contributed by atoms with Crippen molar-refractivity contribution in [1.82, 2.24) is 0 Å². The van der Waals surface area contributed by atoms with Crippen LogP contribution in [-0.2, 0) is 28.6 Å². The summed E-state index contributed by atoms with van der Waals surface area (Å²) in [5.41, 5.74) is 0. The van der Waals surface area contributed by atoms with Gasteiger partial charge in [-0.2, -0.15) is 0 Å². The molecule has 0 aromatic heterocycles. The van der Waals surface area contributed by atoms with Gasteiger partial charge >= 0.3 is 17.9 Å². The molecule has 0 fully saturated rings. The number of carbonyl (C=O) groups is 3. The fourth-order valence-corrected chi connectivity index (χ4v) is 9.83. The molecule has 0 radical (unpaired) electrons. The van der Waals surface area contributed by atoms with Crippen molar-refractivity contribution < 1.29 is 28.6 Å². The maximum absolute atomic E-state index is 12.8. The van der Waals surface area contributed by atoms with Gasteiger partial charge in [-0.15, -0.1) is 0 Å². The molecule has 72 heavy (non-hydrogen) atoms. The van der Waals surface area contributed by atoms with Crippen LogP contribution in [0, 0.1) is 0 Å². The average molecular weight is 1010 g/mol. The Morgan fingerprint density at radius 3 is 0.764 bits per heavy atom. The van der Waals surface area contributed by atoms with Crippen LogP contribution in [0.4, 0.5) is 0 Å². The molecule has 0 aliphatic rings. The highest BCUT2D eigenvalue weighted by Gasteiger charge is 2.19. The van der Waals surface area contributed by atoms with Gasteiger partial charge in [0.2, 0.25) is 0 Å². The lowest BCUT2D eigenvalue weighted by atomic mass is 10.0. The highest BCUT2D eigenvalue weighted by molar-refractivity contribution is 5.71. The van der Waals surface area contributed by atoms with Crippen LogP contribution in [0.3, 0.4) is 0 Å². The second-order valence-corrected chi connectivity index (χ2v) is 22.0. The van der Waals surface area contributed by atoms with Crippen molar-refractivity contribution in [2.24, 2.45) is 0 Å². The average Bonchev–Trinajstić information content (AvgIpc) is 3.38. The van der Waals surface area contributed by atoms with Gasteiger partial charge in [-0.05, 0) is 51.4 Å². The van der Waals surface area contributed by atoms with E-state index in [1.54, 1.807) is 0 Å². The molecule has 1 unspecified atom stereocenters. The van der Waals surface area contributed by atoms with Gasteiger partial charge in [0.15, 0.2) is 6.10 Å². The Bertz CT molecular complexity index is 1160. The van der Waals surface area contributed by atoms with Crippen LogP contribution < -0.4 is 0 Å². The minimum Gasteiger partial charge on any atom is -0.462 e. The van der Waals surface area contributed by atoms with Gasteiger partial charge in [-0.1, -0.05) is 315 Å². The first-order chi connectivity index (χ1) is 35.5. The highest BCUT2D eigenvalue weighted by Crippen LogP contribution is 2.18. The van der Waals surface area contributed by atoms with Gasteiger partial charge in [0.25, 0.3) is 0 Å². The molecule has 6 heteroatoms. The Morgan fingerprint density at radius 1 is 0.278 bits per heavy atom. The number of unbranched alkanes of at least 4 members (excludes halogenated alkanes) is 45.